The van der Waals surface area contributed by atoms with Crippen molar-refractivity contribution in [3.63, 3.8) is 0 Å². The summed E-state index contributed by atoms with van der Waals surface area (Å²) in [6.07, 6.45) is 3.66. The fourth-order valence-corrected chi connectivity index (χ4v) is 3.40. The van der Waals surface area contributed by atoms with Gasteiger partial charge >= 0.3 is 0 Å². The predicted molar refractivity (Wildman–Crippen MR) is 92.7 cm³/mol. The molecule has 23 heavy (non-hydrogen) atoms. The minimum atomic E-state index is -0.999. The van der Waals surface area contributed by atoms with Crippen LogP contribution in [0.25, 0.3) is 17.2 Å². The number of hydrogen-bond acceptors (Lipinski definition) is 2. The molecule has 0 heterocycles. The quantitative estimate of drug-likeness (QED) is 0.869. The molecule has 1 aliphatic rings. The van der Waals surface area contributed by atoms with Crippen molar-refractivity contribution < 1.29 is 14.0 Å². The van der Waals surface area contributed by atoms with Gasteiger partial charge in [0.05, 0.1) is 6.61 Å². The Labute approximate surface area is 138 Å². The SMILES string of the molecule is CC1=C(CO)c2cc(F)ccc2/C1=C\c1ccc([S+](C)[O-])cc1. The summed E-state index contributed by atoms with van der Waals surface area (Å²) in [7, 11) is 0. The Balaban J connectivity index is 2.07. The number of aliphatic hydroxyl groups is 1. The first-order valence-electron chi connectivity index (χ1n) is 7.27. The summed E-state index contributed by atoms with van der Waals surface area (Å²) in [5.74, 6) is -0.307. The van der Waals surface area contributed by atoms with Gasteiger partial charge in [-0.15, -0.1) is 0 Å². The van der Waals surface area contributed by atoms with Crippen LogP contribution in [0.5, 0.6) is 0 Å². The minimum Gasteiger partial charge on any atom is -0.612 e. The molecule has 0 saturated carbocycles. The lowest BCUT2D eigenvalue weighted by molar-refractivity contribution is 0.350. The lowest BCUT2D eigenvalue weighted by atomic mass is 10.0. The van der Waals surface area contributed by atoms with E-state index in [4.69, 9.17) is 0 Å². The Kier molecular flexibility index (Phi) is 4.39. The van der Waals surface area contributed by atoms with Crippen molar-refractivity contribution >= 4 is 28.4 Å². The maximum absolute atomic E-state index is 13.5. The topological polar surface area (TPSA) is 43.3 Å². The molecule has 0 bridgehead atoms. The molecule has 0 saturated heterocycles. The molecule has 1 unspecified atom stereocenters. The monoisotopic (exact) mass is 328 g/mol. The number of allylic oxidation sites excluding steroid dienone is 2. The molecule has 4 heteroatoms. The van der Waals surface area contributed by atoms with Crippen molar-refractivity contribution in [2.24, 2.45) is 0 Å². The second kappa shape index (κ2) is 6.32. The van der Waals surface area contributed by atoms with Crippen molar-refractivity contribution in [1.29, 1.82) is 0 Å². The van der Waals surface area contributed by atoms with Gasteiger partial charge in [-0.1, -0.05) is 6.07 Å². The molecule has 0 aromatic heterocycles. The van der Waals surface area contributed by atoms with Gasteiger partial charge in [0.25, 0.3) is 0 Å². The zero-order chi connectivity index (χ0) is 16.6. The van der Waals surface area contributed by atoms with E-state index in [1.54, 1.807) is 12.3 Å². The first-order valence-corrected chi connectivity index (χ1v) is 8.83. The maximum Gasteiger partial charge on any atom is 0.152 e. The molecule has 0 spiro atoms. The first kappa shape index (κ1) is 16.0. The maximum atomic E-state index is 13.5. The van der Waals surface area contributed by atoms with Crippen LogP contribution in [0.2, 0.25) is 0 Å². The second-order valence-electron chi connectivity index (χ2n) is 5.53. The summed E-state index contributed by atoms with van der Waals surface area (Å²) in [5, 5.41) is 9.61. The summed E-state index contributed by atoms with van der Waals surface area (Å²) in [4.78, 5) is 0.782. The lowest BCUT2D eigenvalue weighted by Gasteiger charge is -2.06. The van der Waals surface area contributed by atoms with Crippen molar-refractivity contribution in [2.75, 3.05) is 12.9 Å². The average Bonchev–Trinajstić information content (AvgIpc) is 2.79. The van der Waals surface area contributed by atoms with Gasteiger partial charge < -0.3 is 9.66 Å². The fourth-order valence-electron chi connectivity index (χ4n) is 2.88. The Bertz CT molecular complexity index is 805. The fraction of sp³-hybridized carbons (Fsp3) is 0.158. The van der Waals surface area contributed by atoms with Gasteiger partial charge in [-0.3, -0.25) is 0 Å². The number of aliphatic hydroxyl groups excluding tert-OH is 1. The highest BCUT2D eigenvalue weighted by Crippen LogP contribution is 2.42. The van der Waals surface area contributed by atoms with Gasteiger partial charge in [0.2, 0.25) is 0 Å². The van der Waals surface area contributed by atoms with E-state index in [2.05, 4.69) is 0 Å². The normalized spacial score (nSPS) is 16.8. The zero-order valence-corrected chi connectivity index (χ0v) is 13.8. The predicted octanol–water partition coefficient (Wildman–Crippen LogP) is 3.88. The largest absolute Gasteiger partial charge is 0.612 e. The van der Waals surface area contributed by atoms with Gasteiger partial charge in [-0.25, -0.2) is 4.39 Å². The van der Waals surface area contributed by atoms with E-state index in [-0.39, 0.29) is 12.4 Å². The van der Waals surface area contributed by atoms with E-state index < -0.39 is 11.2 Å². The zero-order valence-electron chi connectivity index (χ0n) is 13.0. The summed E-state index contributed by atoms with van der Waals surface area (Å²) in [6.45, 7) is 1.82. The molecule has 2 aromatic rings. The molecule has 2 aromatic carbocycles. The molecule has 1 atom stereocenters. The Morgan fingerprint density at radius 2 is 1.83 bits per heavy atom. The first-order chi connectivity index (χ1) is 11.0. The molecule has 1 N–H and O–H groups in total. The van der Waals surface area contributed by atoms with Crippen LogP contribution in [0.4, 0.5) is 4.39 Å². The molecule has 1 aliphatic carbocycles. The van der Waals surface area contributed by atoms with E-state index in [1.165, 1.54) is 12.1 Å². The van der Waals surface area contributed by atoms with Crippen LogP contribution < -0.4 is 0 Å². The number of benzene rings is 2. The molecule has 118 valence electrons. The molecule has 0 radical (unpaired) electrons. The van der Waals surface area contributed by atoms with Crippen molar-refractivity contribution in [1.82, 2.24) is 0 Å². The van der Waals surface area contributed by atoms with Gasteiger partial charge in [0.15, 0.2) is 4.90 Å². The molecule has 3 rings (SSSR count). The number of rotatable bonds is 3. The van der Waals surface area contributed by atoms with Crippen molar-refractivity contribution in [2.45, 2.75) is 11.8 Å². The molecule has 0 amide bonds. The summed E-state index contributed by atoms with van der Waals surface area (Å²) >= 11 is -0.999. The van der Waals surface area contributed by atoms with Crippen LogP contribution in [0.3, 0.4) is 0 Å². The number of fused-ring (bicyclic) bond motifs is 1. The minimum absolute atomic E-state index is 0.118. The standard InChI is InChI=1S/C19H17FO2S/c1-12-17(9-13-3-6-15(7-4-13)23(2)22)16-8-5-14(20)10-18(16)19(12)11-21/h3-10,21H,11H2,1-2H3/b17-9-. The molecular formula is C19H17FO2S. The molecular weight excluding hydrogens is 311 g/mol. The van der Waals surface area contributed by atoms with E-state index in [0.717, 1.165) is 38.3 Å². The highest BCUT2D eigenvalue weighted by molar-refractivity contribution is 7.90. The Morgan fingerprint density at radius 3 is 2.43 bits per heavy atom. The van der Waals surface area contributed by atoms with Crippen LogP contribution in [0.1, 0.15) is 23.6 Å². The molecule has 2 nitrogen and oxygen atoms in total. The summed E-state index contributed by atoms with van der Waals surface area (Å²) in [5.41, 5.74) is 5.35. The highest BCUT2D eigenvalue weighted by Gasteiger charge is 2.23. The van der Waals surface area contributed by atoms with Gasteiger partial charge in [0, 0.05) is 0 Å². The third-order valence-electron chi connectivity index (χ3n) is 4.13. The van der Waals surface area contributed by atoms with E-state index in [9.17, 15) is 14.0 Å². The average molecular weight is 328 g/mol. The summed E-state index contributed by atoms with van der Waals surface area (Å²) < 4.78 is 25.0. The number of hydrogen-bond donors (Lipinski definition) is 1. The van der Waals surface area contributed by atoms with E-state index in [1.807, 2.05) is 37.3 Å². The highest BCUT2D eigenvalue weighted by atomic mass is 32.2. The van der Waals surface area contributed by atoms with E-state index in [0.29, 0.717) is 0 Å². The molecule has 0 fully saturated rings. The van der Waals surface area contributed by atoms with Crippen molar-refractivity contribution in [3.8, 4) is 0 Å². The van der Waals surface area contributed by atoms with Crippen molar-refractivity contribution in [3.05, 3.63) is 70.5 Å². The van der Waals surface area contributed by atoms with Gasteiger partial charge in [-0.05, 0) is 94.0 Å². The van der Waals surface area contributed by atoms with Crippen LogP contribution in [0, 0.1) is 5.82 Å². The summed E-state index contributed by atoms with van der Waals surface area (Å²) in [6, 6.07) is 12.2. The Morgan fingerprint density at radius 1 is 1.13 bits per heavy atom. The lowest BCUT2D eigenvalue weighted by Crippen LogP contribution is -1.96. The van der Waals surface area contributed by atoms with Gasteiger partial charge in [0.1, 0.15) is 12.1 Å². The van der Waals surface area contributed by atoms with Crippen LogP contribution in [-0.4, -0.2) is 22.5 Å². The third kappa shape index (κ3) is 2.98. The Hall–Kier alpha value is -1.88. The third-order valence-corrected chi connectivity index (χ3v) is 5.07. The van der Waals surface area contributed by atoms with Gasteiger partial charge in [-0.2, -0.15) is 0 Å². The van der Waals surface area contributed by atoms with E-state index >= 15 is 0 Å². The van der Waals surface area contributed by atoms with Crippen LogP contribution in [-0.2, 0) is 11.2 Å². The molecule has 0 aliphatic heterocycles. The second-order valence-corrected chi connectivity index (χ2v) is 6.91. The smallest absolute Gasteiger partial charge is 0.152 e. The van der Waals surface area contributed by atoms with Crippen LogP contribution >= 0.6 is 0 Å². The number of halogens is 1. The van der Waals surface area contributed by atoms with Crippen LogP contribution in [0.15, 0.2) is 52.9 Å².